The number of non-ortho nitro benzene ring substituents is 1. The molecule has 8 nitrogen and oxygen atoms in total. The topological polar surface area (TPSA) is 107 Å². The molecule has 1 heterocycles. The van der Waals surface area contributed by atoms with E-state index in [9.17, 15) is 19.7 Å². The van der Waals surface area contributed by atoms with Gasteiger partial charge in [0.25, 0.3) is 11.2 Å². The summed E-state index contributed by atoms with van der Waals surface area (Å²) in [6.45, 7) is 3.33. The van der Waals surface area contributed by atoms with Crippen molar-refractivity contribution < 1.29 is 9.72 Å². The molecule has 1 aromatic heterocycles. The minimum Gasteiger partial charge on any atom is -0.324 e. The second-order valence-electron chi connectivity index (χ2n) is 6.00. The summed E-state index contributed by atoms with van der Waals surface area (Å²) in [5, 5.41) is 13.9. The van der Waals surface area contributed by atoms with E-state index in [1.54, 1.807) is 19.1 Å². The van der Waals surface area contributed by atoms with Crippen LogP contribution in [-0.4, -0.2) is 20.4 Å². The van der Waals surface area contributed by atoms with Crippen molar-refractivity contribution >= 4 is 28.2 Å². The summed E-state index contributed by atoms with van der Waals surface area (Å²) >= 11 is 0. The monoisotopic (exact) mass is 352 g/mol. The van der Waals surface area contributed by atoms with Gasteiger partial charge in [0, 0.05) is 17.8 Å². The van der Waals surface area contributed by atoms with E-state index in [0.29, 0.717) is 22.2 Å². The van der Waals surface area contributed by atoms with Gasteiger partial charge in [-0.05, 0) is 37.6 Å². The molecule has 0 atom stereocenters. The molecule has 0 fully saturated rings. The highest BCUT2D eigenvalue weighted by molar-refractivity contribution is 5.91. The first-order valence-electron chi connectivity index (χ1n) is 7.86. The molecule has 0 saturated heterocycles. The first-order chi connectivity index (χ1) is 12.3. The number of carbonyl (C=O) groups is 1. The molecule has 2 aromatic carbocycles. The third kappa shape index (κ3) is 3.44. The first-order valence-corrected chi connectivity index (χ1v) is 7.86. The summed E-state index contributed by atoms with van der Waals surface area (Å²) in [6.07, 6.45) is 1.34. The molecule has 0 aliphatic heterocycles. The van der Waals surface area contributed by atoms with Crippen LogP contribution in [0.5, 0.6) is 0 Å². The van der Waals surface area contributed by atoms with Gasteiger partial charge < -0.3 is 5.32 Å². The van der Waals surface area contributed by atoms with Crippen molar-refractivity contribution in [2.75, 3.05) is 5.32 Å². The lowest BCUT2D eigenvalue weighted by Crippen LogP contribution is -2.28. The minimum atomic E-state index is -0.499. The van der Waals surface area contributed by atoms with Crippen molar-refractivity contribution in [1.82, 2.24) is 9.55 Å². The molecule has 0 spiro atoms. The first kappa shape index (κ1) is 17.3. The number of nitro groups is 1. The number of anilines is 1. The lowest BCUT2D eigenvalue weighted by molar-refractivity contribution is -0.384. The van der Waals surface area contributed by atoms with E-state index in [1.807, 2.05) is 13.0 Å². The van der Waals surface area contributed by atoms with Crippen molar-refractivity contribution in [3.05, 3.63) is 74.3 Å². The number of hydrogen-bond acceptors (Lipinski definition) is 5. The standard InChI is InChI=1S/C18H16N4O4/c1-11-3-5-16-14(7-11)18(24)21(10-19-16)9-17(23)20-15-6-4-13(22(25)26)8-12(15)2/h3-8,10H,9H2,1-2H3,(H,20,23). The maximum atomic E-state index is 12.5. The van der Waals surface area contributed by atoms with Gasteiger partial charge in [0.2, 0.25) is 5.91 Å². The summed E-state index contributed by atoms with van der Waals surface area (Å²) in [6, 6.07) is 9.52. The Morgan fingerprint density at radius 3 is 2.69 bits per heavy atom. The maximum Gasteiger partial charge on any atom is 0.269 e. The molecular weight excluding hydrogens is 336 g/mol. The van der Waals surface area contributed by atoms with Crippen molar-refractivity contribution in [2.24, 2.45) is 0 Å². The number of fused-ring (bicyclic) bond motifs is 1. The second kappa shape index (κ2) is 6.75. The Labute approximate surface area is 148 Å². The summed E-state index contributed by atoms with van der Waals surface area (Å²) in [5.41, 5.74) is 2.18. The van der Waals surface area contributed by atoms with Crippen LogP contribution in [0.15, 0.2) is 47.5 Å². The number of nitro benzene ring substituents is 1. The van der Waals surface area contributed by atoms with E-state index >= 15 is 0 Å². The molecule has 0 aliphatic rings. The van der Waals surface area contributed by atoms with E-state index < -0.39 is 10.8 Å². The molecule has 132 valence electrons. The van der Waals surface area contributed by atoms with Gasteiger partial charge in [-0.1, -0.05) is 11.6 Å². The molecule has 0 unspecified atom stereocenters. The molecule has 1 amide bonds. The maximum absolute atomic E-state index is 12.5. The van der Waals surface area contributed by atoms with Crippen LogP contribution in [0.2, 0.25) is 0 Å². The zero-order valence-corrected chi connectivity index (χ0v) is 14.2. The number of nitrogens with zero attached hydrogens (tertiary/aromatic N) is 3. The molecule has 8 heteroatoms. The molecule has 3 aromatic rings. The Balaban J connectivity index is 1.82. The number of rotatable bonds is 4. The lowest BCUT2D eigenvalue weighted by Gasteiger charge is -2.10. The van der Waals surface area contributed by atoms with Crippen LogP contribution in [0.1, 0.15) is 11.1 Å². The number of aryl methyl sites for hydroxylation is 2. The normalized spacial score (nSPS) is 10.7. The Bertz CT molecular complexity index is 1090. The fourth-order valence-corrected chi connectivity index (χ4v) is 2.63. The van der Waals surface area contributed by atoms with Crippen molar-refractivity contribution in [1.29, 1.82) is 0 Å². The van der Waals surface area contributed by atoms with Crippen LogP contribution in [0, 0.1) is 24.0 Å². The average molecular weight is 352 g/mol. The van der Waals surface area contributed by atoms with Crippen molar-refractivity contribution in [2.45, 2.75) is 20.4 Å². The van der Waals surface area contributed by atoms with Gasteiger partial charge in [-0.3, -0.25) is 24.3 Å². The summed E-state index contributed by atoms with van der Waals surface area (Å²) in [5.74, 6) is -0.419. The number of hydrogen-bond donors (Lipinski definition) is 1. The largest absolute Gasteiger partial charge is 0.324 e. The second-order valence-corrected chi connectivity index (χ2v) is 6.00. The SMILES string of the molecule is Cc1ccc2ncn(CC(=O)Nc3ccc([N+](=O)[O-])cc3C)c(=O)c2c1. The Kier molecular flexibility index (Phi) is 4.49. The lowest BCUT2D eigenvalue weighted by atomic mass is 10.1. The quantitative estimate of drug-likeness (QED) is 0.573. The third-order valence-electron chi connectivity index (χ3n) is 3.99. The van der Waals surface area contributed by atoms with E-state index in [4.69, 9.17) is 0 Å². The van der Waals surface area contributed by atoms with Crippen LogP contribution >= 0.6 is 0 Å². The Morgan fingerprint density at radius 1 is 1.23 bits per heavy atom. The van der Waals surface area contributed by atoms with Crippen LogP contribution in [0.25, 0.3) is 10.9 Å². The molecule has 0 bridgehead atoms. The molecule has 0 aliphatic carbocycles. The molecule has 0 radical (unpaired) electrons. The number of amides is 1. The van der Waals surface area contributed by atoms with Gasteiger partial charge >= 0.3 is 0 Å². The molecule has 1 N–H and O–H groups in total. The predicted molar refractivity (Wildman–Crippen MR) is 97.2 cm³/mol. The van der Waals surface area contributed by atoms with Gasteiger partial charge in [-0.25, -0.2) is 4.98 Å². The number of aromatic nitrogens is 2. The van der Waals surface area contributed by atoms with Gasteiger partial charge in [0.1, 0.15) is 6.54 Å². The highest BCUT2D eigenvalue weighted by Gasteiger charge is 2.12. The molecular formula is C18H16N4O4. The molecule has 26 heavy (non-hydrogen) atoms. The van der Waals surface area contributed by atoms with Crippen LogP contribution in [0.3, 0.4) is 0 Å². The zero-order chi connectivity index (χ0) is 18.8. The van der Waals surface area contributed by atoms with E-state index in [-0.39, 0.29) is 17.8 Å². The smallest absolute Gasteiger partial charge is 0.269 e. The van der Waals surface area contributed by atoms with Crippen LogP contribution < -0.4 is 10.9 Å². The van der Waals surface area contributed by atoms with E-state index in [2.05, 4.69) is 10.3 Å². The predicted octanol–water partition coefficient (Wildman–Crippen LogP) is 2.56. The number of benzene rings is 2. The molecule has 0 saturated carbocycles. The highest BCUT2D eigenvalue weighted by Crippen LogP contribution is 2.21. The Morgan fingerprint density at radius 2 is 2.00 bits per heavy atom. The van der Waals surface area contributed by atoms with Gasteiger partial charge in [-0.2, -0.15) is 0 Å². The van der Waals surface area contributed by atoms with Crippen LogP contribution in [0.4, 0.5) is 11.4 Å². The van der Waals surface area contributed by atoms with Crippen LogP contribution in [-0.2, 0) is 11.3 Å². The van der Waals surface area contributed by atoms with Gasteiger partial charge in [0.05, 0.1) is 22.2 Å². The van der Waals surface area contributed by atoms with Gasteiger partial charge in [-0.15, -0.1) is 0 Å². The highest BCUT2D eigenvalue weighted by atomic mass is 16.6. The summed E-state index contributed by atoms with van der Waals surface area (Å²) in [4.78, 5) is 39.3. The van der Waals surface area contributed by atoms with Crippen molar-refractivity contribution in [3.8, 4) is 0 Å². The fourth-order valence-electron chi connectivity index (χ4n) is 2.63. The number of nitrogens with one attached hydrogen (secondary N) is 1. The van der Waals surface area contributed by atoms with Gasteiger partial charge in [0.15, 0.2) is 0 Å². The third-order valence-corrected chi connectivity index (χ3v) is 3.99. The summed E-state index contributed by atoms with van der Waals surface area (Å²) < 4.78 is 1.23. The zero-order valence-electron chi connectivity index (χ0n) is 14.2. The average Bonchev–Trinajstić information content (AvgIpc) is 2.59. The minimum absolute atomic E-state index is 0.0502. The van der Waals surface area contributed by atoms with Crippen molar-refractivity contribution in [3.63, 3.8) is 0 Å². The number of carbonyl (C=O) groups excluding carboxylic acids is 1. The van der Waals surface area contributed by atoms with E-state index in [0.717, 1.165) is 5.56 Å². The fraction of sp³-hybridized carbons (Fsp3) is 0.167. The molecule has 3 rings (SSSR count). The summed E-state index contributed by atoms with van der Waals surface area (Å²) in [7, 11) is 0. The van der Waals surface area contributed by atoms with E-state index in [1.165, 1.54) is 29.1 Å². The Hall–Kier alpha value is -3.55.